The lowest BCUT2D eigenvalue weighted by molar-refractivity contribution is 0.493. The van der Waals surface area contributed by atoms with Crippen LogP contribution in [0.3, 0.4) is 0 Å². The van der Waals surface area contributed by atoms with Gasteiger partial charge in [-0.25, -0.2) is 0 Å². The topological polar surface area (TPSA) is 74.0 Å². The highest BCUT2D eigenvalue weighted by Crippen LogP contribution is 2.31. The van der Waals surface area contributed by atoms with Gasteiger partial charge in [-0.15, -0.1) is 0 Å². The number of rotatable bonds is 1. The number of pyridine rings is 1. The standard InChI is InChI=1S/C12H19N3O/c1-7-10(13)8(2)15(12(16)11(7)14)9-5-3-4-6-9/h9H,3-6,13-14H2,1-2H3. The molecular formula is C12H19N3O. The molecule has 1 heterocycles. The van der Waals surface area contributed by atoms with Crippen molar-refractivity contribution in [2.45, 2.75) is 45.6 Å². The minimum Gasteiger partial charge on any atom is -0.397 e. The molecule has 88 valence electrons. The lowest BCUT2D eigenvalue weighted by Crippen LogP contribution is -2.29. The molecule has 0 bridgehead atoms. The van der Waals surface area contributed by atoms with Crippen molar-refractivity contribution in [2.75, 3.05) is 11.5 Å². The predicted octanol–water partition coefficient (Wildman–Crippen LogP) is 1.74. The van der Waals surface area contributed by atoms with Gasteiger partial charge >= 0.3 is 0 Å². The zero-order valence-corrected chi connectivity index (χ0v) is 9.92. The van der Waals surface area contributed by atoms with Crippen molar-refractivity contribution < 1.29 is 0 Å². The second kappa shape index (κ2) is 3.85. The molecule has 16 heavy (non-hydrogen) atoms. The van der Waals surface area contributed by atoms with Gasteiger partial charge in [-0.2, -0.15) is 0 Å². The summed E-state index contributed by atoms with van der Waals surface area (Å²) in [7, 11) is 0. The Bertz CT molecular complexity index is 470. The highest BCUT2D eigenvalue weighted by Gasteiger charge is 2.22. The number of nitrogens with two attached hydrogens (primary N) is 2. The second-order valence-corrected chi connectivity index (χ2v) is 4.65. The van der Waals surface area contributed by atoms with E-state index < -0.39 is 0 Å². The van der Waals surface area contributed by atoms with Crippen molar-refractivity contribution in [1.29, 1.82) is 0 Å². The highest BCUT2D eigenvalue weighted by atomic mass is 16.1. The van der Waals surface area contributed by atoms with Crippen LogP contribution >= 0.6 is 0 Å². The van der Waals surface area contributed by atoms with E-state index in [2.05, 4.69) is 0 Å². The molecule has 0 aliphatic heterocycles. The average Bonchev–Trinajstić information content (AvgIpc) is 2.77. The van der Waals surface area contributed by atoms with E-state index in [1.807, 2.05) is 6.92 Å². The summed E-state index contributed by atoms with van der Waals surface area (Å²) in [6.07, 6.45) is 4.49. The molecule has 4 heteroatoms. The van der Waals surface area contributed by atoms with E-state index in [0.717, 1.165) is 24.1 Å². The minimum atomic E-state index is -0.0731. The number of aromatic nitrogens is 1. The first-order chi connectivity index (χ1) is 7.54. The van der Waals surface area contributed by atoms with Crippen molar-refractivity contribution in [3.05, 3.63) is 21.6 Å². The van der Waals surface area contributed by atoms with Gasteiger partial charge in [-0.3, -0.25) is 4.79 Å². The molecule has 2 rings (SSSR count). The maximum Gasteiger partial charge on any atom is 0.274 e. The van der Waals surface area contributed by atoms with Crippen LogP contribution in [-0.2, 0) is 0 Å². The molecule has 4 nitrogen and oxygen atoms in total. The summed E-state index contributed by atoms with van der Waals surface area (Å²) in [5.41, 5.74) is 14.3. The molecule has 0 radical (unpaired) electrons. The Morgan fingerprint density at radius 2 is 1.69 bits per heavy atom. The van der Waals surface area contributed by atoms with E-state index >= 15 is 0 Å². The summed E-state index contributed by atoms with van der Waals surface area (Å²) >= 11 is 0. The van der Waals surface area contributed by atoms with Crippen LogP contribution in [-0.4, -0.2) is 4.57 Å². The van der Waals surface area contributed by atoms with Gasteiger partial charge < -0.3 is 16.0 Å². The number of hydrogen-bond donors (Lipinski definition) is 2. The molecule has 0 aromatic carbocycles. The van der Waals surface area contributed by atoms with Crippen LogP contribution in [0.1, 0.15) is 43.0 Å². The Balaban J connectivity index is 2.64. The third kappa shape index (κ3) is 1.49. The Labute approximate surface area is 95.3 Å². The van der Waals surface area contributed by atoms with Crippen molar-refractivity contribution in [1.82, 2.24) is 4.57 Å². The SMILES string of the molecule is Cc1c(N)c(C)n(C2CCCC2)c(=O)c1N. The van der Waals surface area contributed by atoms with Crippen LogP contribution in [0.5, 0.6) is 0 Å². The lowest BCUT2D eigenvalue weighted by atomic mass is 10.1. The highest BCUT2D eigenvalue weighted by molar-refractivity contribution is 5.61. The lowest BCUT2D eigenvalue weighted by Gasteiger charge is -2.20. The molecule has 0 unspecified atom stereocenters. The monoisotopic (exact) mass is 221 g/mol. The van der Waals surface area contributed by atoms with Crippen LogP contribution in [0.2, 0.25) is 0 Å². The number of anilines is 2. The van der Waals surface area contributed by atoms with Crippen LogP contribution in [0.4, 0.5) is 11.4 Å². The number of nitrogens with zero attached hydrogens (tertiary/aromatic N) is 1. The Morgan fingerprint density at radius 1 is 1.12 bits per heavy atom. The molecular weight excluding hydrogens is 202 g/mol. The Morgan fingerprint density at radius 3 is 2.25 bits per heavy atom. The van der Waals surface area contributed by atoms with Gasteiger partial charge in [0, 0.05) is 17.3 Å². The predicted molar refractivity (Wildman–Crippen MR) is 66.5 cm³/mol. The number of nitrogen functional groups attached to an aromatic ring is 2. The quantitative estimate of drug-likeness (QED) is 0.758. The molecule has 1 saturated carbocycles. The van der Waals surface area contributed by atoms with E-state index in [0.29, 0.717) is 11.4 Å². The van der Waals surface area contributed by atoms with E-state index in [4.69, 9.17) is 11.5 Å². The second-order valence-electron chi connectivity index (χ2n) is 4.65. The molecule has 0 saturated heterocycles. The average molecular weight is 221 g/mol. The fraction of sp³-hybridized carbons (Fsp3) is 0.583. The smallest absolute Gasteiger partial charge is 0.274 e. The summed E-state index contributed by atoms with van der Waals surface area (Å²) in [5, 5.41) is 0. The molecule has 1 aromatic heterocycles. The van der Waals surface area contributed by atoms with Crippen LogP contribution in [0.25, 0.3) is 0 Å². The van der Waals surface area contributed by atoms with E-state index in [9.17, 15) is 4.79 Å². The summed E-state index contributed by atoms with van der Waals surface area (Å²) in [4.78, 5) is 12.1. The van der Waals surface area contributed by atoms with Crippen molar-refractivity contribution >= 4 is 11.4 Å². The Kier molecular flexibility index (Phi) is 2.66. The van der Waals surface area contributed by atoms with E-state index in [1.165, 1.54) is 12.8 Å². The maximum absolute atomic E-state index is 12.1. The van der Waals surface area contributed by atoms with Gasteiger partial charge in [0.25, 0.3) is 5.56 Å². The van der Waals surface area contributed by atoms with Gasteiger partial charge in [0.05, 0.1) is 5.69 Å². The Hall–Kier alpha value is -1.45. The van der Waals surface area contributed by atoms with Gasteiger partial charge in [-0.05, 0) is 26.7 Å². The summed E-state index contributed by atoms with van der Waals surface area (Å²) in [5.74, 6) is 0. The van der Waals surface area contributed by atoms with Crippen molar-refractivity contribution in [3.8, 4) is 0 Å². The van der Waals surface area contributed by atoms with Gasteiger partial charge in [0.2, 0.25) is 0 Å². The molecule has 0 spiro atoms. The fourth-order valence-corrected chi connectivity index (χ4v) is 2.59. The normalized spacial score (nSPS) is 16.9. The zero-order valence-electron chi connectivity index (χ0n) is 9.92. The summed E-state index contributed by atoms with van der Waals surface area (Å²) < 4.78 is 1.80. The largest absolute Gasteiger partial charge is 0.397 e. The minimum absolute atomic E-state index is 0.0731. The third-order valence-corrected chi connectivity index (χ3v) is 3.70. The van der Waals surface area contributed by atoms with Gasteiger partial charge in [0.15, 0.2) is 0 Å². The zero-order chi connectivity index (χ0) is 11.9. The molecule has 4 N–H and O–H groups in total. The molecule has 1 fully saturated rings. The van der Waals surface area contributed by atoms with Crippen molar-refractivity contribution in [3.63, 3.8) is 0 Å². The third-order valence-electron chi connectivity index (χ3n) is 3.70. The van der Waals surface area contributed by atoms with Crippen LogP contribution in [0, 0.1) is 13.8 Å². The number of hydrogen-bond acceptors (Lipinski definition) is 3. The van der Waals surface area contributed by atoms with E-state index in [1.54, 1.807) is 11.5 Å². The fourth-order valence-electron chi connectivity index (χ4n) is 2.59. The van der Waals surface area contributed by atoms with E-state index in [-0.39, 0.29) is 11.6 Å². The van der Waals surface area contributed by atoms with Crippen molar-refractivity contribution in [2.24, 2.45) is 0 Å². The molecule has 0 amide bonds. The summed E-state index contributed by atoms with van der Waals surface area (Å²) in [6.45, 7) is 3.71. The van der Waals surface area contributed by atoms with Gasteiger partial charge in [0.1, 0.15) is 5.69 Å². The van der Waals surface area contributed by atoms with Crippen LogP contribution < -0.4 is 17.0 Å². The summed E-state index contributed by atoms with van der Waals surface area (Å²) in [6, 6.07) is 0.290. The first kappa shape index (κ1) is 11.0. The molecule has 1 aromatic rings. The van der Waals surface area contributed by atoms with Gasteiger partial charge in [-0.1, -0.05) is 12.8 Å². The first-order valence-electron chi connectivity index (χ1n) is 5.80. The molecule has 1 aliphatic rings. The maximum atomic E-state index is 12.1. The first-order valence-corrected chi connectivity index (χ1v) is 5.80. The van der Waals surface area contributed by atoms with Crippen LogP contribution in [0.15, 0.2) is 4.79 Å². The molecule has 0 atom stereocenters. The molecule has 1 aliphatic carbocycles.